The Morgan fingerprint density at radius 3 is 2.63 bits per heavy atom. The van der Waals surface area contributed by atoms with Gasteiger partial charge in [-0.2, -0.15) is 25.9 Å². The molecule has 0 unspecified atom stereocenters. The highest BCUT2D eigenvalue weighted by molar-refractivity contribution is 7.84. The summed E-state index contributed by atoms with van der Waals surface area (Å²) in [6, 6.07) is 1.95. The van der Waals surface area contributed by atoms with Gasteiger partial charge in [0.1, 0.15) is 5.82 Å². The lowest BCUT2D eigenvalue weighted by Gasteiger charge is -2.11. The zero-order chi connectivity index (χ0) is 22.5. The fourth-order valence-corrected chi connectivity index (χ4v) is 2.45. The van der Waals surface area contributed by atoms with Gasteiger partial charge in [-0.25, -0.2) is 14.0 Å². The van der Waals surface area contributed by atoms with Crippen LogP contribution in [0.15, 0.2) is 27.8 Å². The molecule has 1 heterocycles. The molecule has 0 aliphatic carbocycles. The number of anilines is 1. The summed E-state index contributed by atoms with van der Waals surface area (Å²) in [6.07, 6.45) is -4.95. The first-order chi connectivity index (χ1) is 14.0. The second kappa shape index (κ2) is 9.33. The second-order valence-corrected chi connectivity index (χ2v) is 7.51. The molecule has 0 atom stereocenters. The van der Waals surface area contributed by atoms with E-state index in [1.54, 1.807) is 5.48 Å². The molecule has 0 saturated heterocycles. The normalized spacial score (nSPS) is 13.0. The van der Waals surface area contributed by atoms with Crippen LogP contribution in [0.1, 0.15) is 11.3 Å². The van der Waals surface area contributed by atoms with Gasteiger partial charge in [0, 0.05) is 20.6 Å². The highest BCUT2D eigenvalue weighted by atomic mass is 32.2. The summed E-state index contributed by atoms with van der Waals surface area (Å²) in [4.78, 5) is 3.74. The van der Waals surface area contributed by atoms with E-state index in [0.717, 1.165) is 10.4 Å². The zero-order valence-corrected chi connectivity index (χ0v) is 16.3. The molecule has 0 spiro atoms. The minimum Gasteiger partial charge on any atom is -0.363 e. The Labute approximate surface area is 167 Å². The average molecular weight is 456 g/mol. The maximum atomic E-state index is 13.4. The van der Waals surface area contributed by atoms with Gasteiger partial charge < -0.3 is 5.32 Å². The molecule has 0 aliphatic rings. The Kier molecular flexibility index (Phi) is 7.30. The molecule has 166 valence electrons. The third-order valence-electron chi connectivity index (χ3n) is 3.39. The number of rotatable bonds is 8. The molecule has 11 nitrogen and oxygen atoms in total. The molecular weight excluding hydrogens is 440 g/mol. The van der Waals surface area contributed by atoms with Crippen LogP contribution in [0.5, 0.6) is 0 Å². The van der Waals surface area contributed by atoms with Crippen LogP contribution in [-0.4, -0.2) is 61.3 Å². The van der Waals surface area contributed by atoms with Crippen LogP contribution in [0.3, 0.4) is 0 Å². The van der Waals surface area contributed by atoms with Gasteiger partial charge in [-0.3, -0.25) is 14.9 Å². The van der Waals surface area contributed by atoms with E-state index >= 15 is 0 Å². The van der Waals surface area contributed by atoms with Crippen molar-refractivity contribution >= 4 is 27.6 Å². The van der Waals surface area contributed by atoms with Crippen molar-refractivity contribution in [2.45, 2.75) is 6.18 Å². The lowest BCUT2D eigenvalue weighted by atomic mass is 10.2. The van der Waals surface area contributed by atoms with Crippen molar-refractivity contribution in [3.8, 4) is 0 Å². The van der Waals surface area contributed by atoms with Crippen LogP contribution in [0, 0.1) is 5.82 Å². The number of amidine groups is 1. The molecular formula is C14H16F4N6O5S. The Morgan fingerprint density at radius 2 is 2.03 bits per heavy atom. The predicted octanol–water partition coefficient (Wildman–Crippen LogP) is 1.52. The fourth-order valence-electron chi connectivity index (χ4n) is 1.94. The first-order valence-corrected chi connectivity index (χ1v) is 9.31. The van der Waals surface area contributed by atoms with E-state index in [9.17, 15) is 31.2 Å². The monoisotopic (exact) mass is 456 g/mol. The highest BCUT2D eigenvalue weighted by Crippen LogP contribution is 2.33. The summed E-state index contributed by atoms with van der Waals surface area (Å²) in [5.41, 5.74) is -0.507. The van der Waals surface area contributed by atoms with Gasteiger partial charge in [-0.15, -0.1) is 0 Å². The van der Waals surface area contributed by atoms with Crippen molar-refractivity contribution in [3.63, 3.8) is 0 Å². The summed E-state index contributed by atoms with van der Waals surface area (Å²) in [7, 11) is -1.34. The molecule has 30 heavy (non-hydrogen) atoms. The molecule has 0 radical (unpaired) electrons. The predicted molar refractivity (Wildman–Crippen MR) is 93.9 cm³/mol. The number of nitrogens with one attached hydrogen (secondary N) is 2. The number of alkyl halides is 3. The number of halogens is 4. The summed E-state index contributed by atoms with van der Waals surface area (Å²) < 4.78 is 84.9. The van der Waals surface area contributed by atoms with Gasteiger partial charge in [0.15, 0.2) is 11.5 Å². The largest absolute Gasteiger partial charge is 0.419 e. The van der Waals surface area contributed by atoms with E-state index in [0.29, 0.717) is 12.1 Å². The SMILES string of the molecule is CN(C)S(=O)(=O)OCCNc1nonc1C(=Nc1ccc(F)c(C(F)(F)F)c1)NO. The van der Waals surface area contributed by atoms with E-state index in [1.807, 2.05) is 0 Å². The molecule has 0 bridgehead atoms. The molecule has 3 N–H and O–H groups in total. The topological polar surface area (TPSA) is 142 Å². The quantitative estimate of drug-likeness (QED) is 0.177. The number of nitrogens with zero attached hydrogens (tertiary/aromatic N) is 4. The van der Waals surface area contributed by atoms with Gasteiger partial charge in [-0.05, 0) is 28.5 Å². The maximum absolute atomic E-state index is 13.4. The third kappa shape index (κ3) is 5.85. The van der Waals surface area contributed by atoms with Crippen molar-refractivity contribution in [3.05, 3.63) is 35.3 Å². The smallest absolute Gasteiger partial charge is 0.363 e. The summed E-state index contributed by atoms with van der Waals surface area (Å²) in [5.74, 6) is -2.09. The number of hydrogen-bond donors (Lipinski definition) is 3. The van der Waals surface area contributed by atoms with Gasteiger partial charge in [0.05, 0.1) is 17.9 Å². The van der Waals surface area contributed by atoms with Gasteiger partial charge in [0.2, 0.25) is 5.82 Å². The zero-order valence-electron chi connectivity index (χ0n) is 15.4. The van der Waals surface area contributed by atoms with Gasteiger partial charge >= 0.3 is 16.5 Å². The molecule has 1 aromatic carbocycles. The summed E-state index contributed by atoms with van der Waals surface area (Å²) in [6.45, 7) is -0.402. The van der Waals surface area contributed by atoms with E-state index in [4.69, 9.17) is 0 Å². The Balaban J connectivity index is 2.18. The molecule has 1 aromatic heterocycles. The number of hydrogen-bond acceptors (Lipinski definition) is 9. The minimum atomic E-state index is -4.95. The Hall–Kier alpha value is -2.82. The molecule has 2 rings (SSSR count). The number of aromatic nitrogens is 2. The van der Waals surface area contributed by atoms with Gasteiger partial charge in [0.25, 0.3) is 0 Å². The van der Waals surface area contributed by atoms with E-state index in [-0.39, 0.29) is 30.4 Å². The van der Waals surface area contributed by atoms with Crippen molar-refractivity contribution < 1.29 is 40.0 Å². The molecule has 16 heteroatoms. The lowest BCUT2D eigenvalue weighted by Crippen LogP contribution is -2.27. The standard InChI is InChI=1S/C14H16F4N6O5S/c1-24(2)30(26,27)28-6-5-19-12-11(22-29-23-12)13(21-25)20-8-3-4-10(15)9(7-8)14(16,17)18/h3-4,7,25H,5-6H2,1-2H3,(H,19,23)(H,20,21). The van der Waals surface area contributed by atoms with Crippen LogP contribution >= 0.6 is 0 Å². The summed E-state index contributed by atoms with van der Waals surface area (Å²) in [5, 5.41) is 18.8. The van der Waals surface area contributed by atoms with Crippen molar-refractivity contribution in [1.82, 2.24) is 20.1 Å². The van der Waals surface area contributed by atoms with Crippen molar-refractivity contribution in [2.75, 3.05) is 32.6 Å². The van der Waals surface area contributed by atoms with Gasteiger partial charge in [-0.1, -0.05) is 0 Å². The van der Waals surface area contributed by atoms with E-state index in [1.165, 1.54) is 14.1 Å². The van der Waals surface area contributed by atoms with Crippen LogP contribution in [0.25, 0.3) is 0 Å². The molecule has 0 amide bonds. The van der Waals surface area contributed by atoms with Crippen LogP contribution in [0.4, 0.5) is 29.1 Å². The van der Waals surface area contributed by atoms with E-state index in [2.05, 4.69) is 29.4 Å². The third-order valence-corrected chi connectivity index (χ3v) is 4.75. The highest BCUT2D eigenvalue weighted by Gasteiger charge is 2.34. The minimum absolute atomic E-state index is 0.0955. The summed E-state index contributed by atoms with van der Waals surface area (Å²) >= 11 is 0. The van der Waals surface area contributed by atoms with Crippen molar-refractivity contribution in [2.24, 2.45) is 4.99 Å². The average Bonchev–Trinajstić information content (AvgIpc) is 3.11. The molecule has 2 aromatic rings. The number of benzene rings is 1. The number of aliphatic imine (C=N–C) groups is 1. The van der Waals surface area contributed by atoms with E-state index < -0.39 is 33.7 Å². The fraction of sp³-hybridized carbons (Fsp3) is 0.357. The number of hydroxylamine groups is 1. The maximum Gasteiger partial charge on any atom is 0.419 e. The molecule has 0 saturated carbocycles. The second-order valence-electron chi connectivity index (χ2n) is 5.68. The van der Waals surface area contributed by atoms with Crippen molar-refractivity contribution in [1.29, 1.82) is 0 Å². The Bertz CT molecular complexity index is 1010. The van der Waals surface area contributed by atoms with Crippen LogP contribution in [-0.2, 0) is 20.7 Å². The Morgan fingerprint density at radius 1 is 1.33 bits per heavy atom. The molecule has 0 fully saturated rings. The molecule has 0 aliphatic heterocycles. The first kappa shape index (κ1) is 23.5. The van der Waals surface area contributed by atoms with Crippen LogP contribution in [0.2, 0.25) is 0 Å². The van der Waals surface area contributed by atoms with Crippen LogP contribution < -0.4 is 10.8 Å². The first-order valence-electron chi connectivity index (χ1n) is 7.95. The lowest BCUT2D eigenvalue weighted by molar-refractivity contribution is -0.139.